The zero-order chi connectivity index (χ0) is 26.6. The van der Waals surface area contributed by atoms with Crippen molar-refractivity contribution in [1.82, 2.24) is 10.0 Å². The van der Waals surface area contributed by atoms with Crippen LogP contribution in [0.4, 0.5) is 13.2 Å². The van der Waals surface area contributed by atoms with Crippen LogP contribution >= 0.6 is 11.3 Å². The van der Waals surface area contributed by atoms with Crippen molar-refractivity contribution in [2.75, 3.05) is 7.11 Å². The van der Waals surface area contributed by atoms with Gasteiger partial charge in [0.15, 0.2) is 10.6 Å². The van der Waals surface area contributed by atoms with E-state index in [-0.39, 0.29) is 22.0 Å². The van der Waals surface area contributed by atoms with Crippen LogP contribution in [0.5, 0.6) is 5.75 Å². The lowest BCUT2D eigenvalue weighted by Gasteiger charge is -2.21. The molecule has 2 aromatic rings. The minimum Gasteiger partial charge on any atom is -0.464 e. The van der Waals surface area contributed by atoms with E-state index in [2.05, 4.69) is 10.5 Å². The Morgan fingerprint density at radius 2 is 1.86 bits per heavy atom. The van der Waals surface area contributed by atoms with Crippen molar-refractivity contribution in [3.63, 3.8) is 0 Å². The quantitative estimate of drug-likeness (QED) is 0.360. The highest BCUT2D eigenvalue weighted by atomic mass is 32.1. The number of hydrogen-bond donors (Lipinski definition) is 1. The number of rotatable bonds is 8. The zero-order valence-electron chi connectivity index (χ0n) is 21.0. The Kier molecular flexibility index (Phi) is 9.29. The number of alkyl halides is 3. The van der Waals surface area contributed by atoms with Gasteiger partial charge in [0.25, 0.3) is 5.91 Å². The number of thiazole rings is 1. The second kappa shape index (κ2) is 11.4. The summed E-state index contributed by atoms with van der Waals surface area (Å²) in [6.07, 6.45) is -3.14. The predicted molar refractivity (Wildman–Crippen MR) is 127 cm³/mol. The number of halogens is 3. The lowest BCUT2D eigenvalue weighted by molar-refractivity contribution is -0.137. The maximum Gasteiger partial charge on any atom is 0.416 e. The SMILES string of the molecule is CCCCn1c(C(=O)OC)c(C(C)C)sc1=NC(=O)c1cc(C(F)(F)F)ccc1ONC(C)(C)C. The molecule has 1 heterocycles. The minimum atomic E-state index is -4.65. The molecule has 1 aromatic heterocycles. The number of benzene rings is 1. The van der Waals surface area contributed by atoms with Crippen molar-refractivity contribution in [3.05, 3.63) is 44.7 Å². The highest BCUT2D eigenvalue weighted by molar-refractivity contribution is 7.09. The van der Waals surface area contributed by atoms with Gasteiger partial charge in [-0.2, -0.15) is 23.6 Å². The normalized spacial score (nSPS) is 12.8. The lowest BCUT2D eigenvalue weighted by atomic mass is 10.1. The molecule has 0 aliphatic rings. The third kappa shape index (κ3) is 7.41. The summed E-state index contributed by atoms with van der Waals surface area (Å²) in [5, 5.41) is 0. The topological polar surface area (TPSA) is 81.9 Å². The number of unbranched alkanes of at least 4 members (excludes halogenated alkanes) is 1. The van der Waals surface area contributed by atoms with Gasteiger partial charge in [0.05, 0.1) is 18.2 Å². The first-order chi connectivity index (χ1) is 16.2. The summed E-state index contributed by atoms with van der Waals surface area (Å²) in [6.45, 7) is 11.6. The molecule has 0 fully saturated rings. The van der Waals surface area contributed by atoms with E-state index in [1.165, 1.54) is 7.11 Å². The Morgan fingerprint density at radius 1 is 1.20 bits per heavy atom. The number of hydroxylamine groups is 1. The monoisotopic (exact) mass is 515 g/mol. The second-order valence-corrected chi connectivity index (χ2v) is 10.3. The predicted octanol–water partition coefficient (Wildman–Crippen LogP) is 5.70. The molecule has 194 valence electrons. The molecule has 2 rings (SSSR count). The van der Waals surface area contributed by atoms with E-state index in [9.17, 15) is 22.8 Å². The molecule has 0 saturated heterocycles. The summed E-state index contributed by atoms with van der Waals surface area (Å²) >= 11 is 1.14. The second-order valence-electron chi connectivity index (χ2n) is 9.33. The summed E-state index contributed by atoms with van der Waals surface area (Å²) in [4.78, 5) is 36.3. The third-order valence-electron chi connectivity index (χ3n) is 4.78. The van der Waals surface area contributed by atoms with Crippen LogP contribution in [-0.2, 0) is 17.5 Å². The van der Waals surface area contributed by atoms with Gasteiger partial charge in [0, 0.05) is 17.0 Å². The Morgan fingerprint density at radius 3 is 2.37 bits per heavy atom. The average molecular weight is 516 g/mol. The van der Waals surface area contributed by atoms with Crippen molar-refractivity contribution in [1.29, 1.82) is 0 Å². The first kappa shape index (κ1) is 28.6. The number of amides is 1. The standard InChI is InChI=1S/C24H32F3N3O4S/c1-8-9-12-30-18(21(32)33-7)19(14(2)3)35-22(30)28-20(31)16-13-15(24(25,26)27)10-11-17(16)34-29-23(4,5)6/h10-11,13-14,29H,8-9,12H2,1-7H3. The van der Waals surface area contributed by atoms with Crippen molar-refractivity contribution >= 4 is 23.2 Å². The number of carbonyl (C=O) groups excluding carboxylic acids is 2. The Labute approximate surface area is 206 Å². The molecule has 0 unspecified atom stereocenters. The molecule has 11 heteroatoms. The number of aromatic nitrogens is 1. The molecule has 7 nitrogen and oxygen atoms in total. The fourth-order valence-electron chi connectivity index (χ4n) is 3.05. The first-order valence-electron chi connectivity index (χ1n) is 11.3. The van der Waals surface area contributed by atoms with Crippen molar-refractivity contribution in [2.24, 2.45) is 4.99 Å². The van der Waals surface area contributed by atoms with E-state index in [1.54, 1.807) is 25.3 Å². The molecule has 0 spiro atoms. The zero-order valence-corrected chi connectivity index (χ0v) is 21.8. The number of methoxy groups -OCH3 is 1. The first-order valence-corrected chi connectivity index (χ1v) is 12.1. The molecule has 0 saturated carbocycles. The number of carbonyl (C=O) groups is 2. The highest BCUT2D eigenvalue weighted by Gasteiger charge is 2.32. The largest absolute Gasteiger partial charge is 0.464 e. The molecule has 1 amide bonds. The number of nitrogens with zero attached hydrogens (tertiary/aromatic N) is 2. The van der Waals surface area contributed by atoms with Crippen LogP contribution in [-0.4, -0.2) is 29.1 Å². The Balaban J connectivity index is 2.71. The summed E-state index contributed by atoms with van der Waals surface area (Å²) in [5.41, 5.74) is 1.12. The fourth-order valence-corrected chi connectivity index (χ4v) is 4.20. The van der Waals surface area contributed by atoms with E-state index >= 15 is 0 Å². The average Bonchev–Trinajstić information content (AvgIpc) is 3.12. The molecule has 0 aliphatic heterocycles. The molecule has 0 aliphatic carbocycles. The Hall–Kier alpha value is -2.66. The molecule has 0 atom stereocenters. The van der Waals surface area contributed by atoms with E-state index in [1.807, 2.05) is 20.8 Å². The van der Waals surface area contributed by atoms with Crippen molar-refractivity contribution in [2.45, 2.75) is 78.6 Å². The molecule has 35 heavy (non-hydrogen) atoms. The van der Waals surface area contributed by atoms with Crippen LogP contribution in [0.2, 0.25) is 0 Å². The van der Waals surface area contributed by atoms with Gasteiger partial charge in [0.1, 0.15) is 5.69 Å². The third-order valence-corrected chi connectivity index (χ3v) is 6.15. The number of ether oxygens (including phenoxy) is 1. The molecular formula is C24H32F3N3O4S. The molecule has 1 N–H and O–H groups in total. The summed E-state index contributed by atoms with van der Waals surface area (Å²) in [6, 6.07) is 2.65. The Bertz CT molecular complexity index is 1130. The minimum absolute atomic E-state index is 0.0653. The van der Waals surface area contributed by atoms with E-state index in [0.29, 0.717) is 23.5 Å². The molecular weight excluding hydrogens is 483 g/mol. The number of nitrogens with one attached hydrogen (secondary N) is 1. The summed E-state index contributed by atoms with van der Waals surface area (Å²) < 4.78 is 46.7. The van der Waals surface area contributed by atoms with Gasteiger partial charge < -0.3 is 14.1 Å². The number of esters is 1. The van der Waals surface area contributed by atoms with Gasteiger partial charge in [-0.25, -0.2) is 4.79 Å². The van der Waals surface area contributed by atoms with Crippen LogP contribution in [0.1, 0.15) is 91.6 Å². The number of hydrogen-bond acceptors (Lipinski definition) is 6. The molecule has 0 radical (unpaired) electrons. The smallest absolute Gasteiger partial charge is 0.416 e. The maximum absolute atomic E-state index is 13.4. The van der Waals surface area contributed by atoms with Gasteiger partial charge in [-0.05, 0) is 51.3 Å². The van der Waals surface area contributed by atoms with Crippen LogP contribution in [0.3, 0.4) is 0 Å². The summed E-state index contributed by atoms with van der Waals surface area (Å²) in [5.74, 6) is -1.63. The van der Waals surface area contributed by atoms with Crippen LogP contribution in [0, 0.1) is 0 Å². The van der Waals surface area contributed by atoms with Crippen LogP contribution in [0.25, 0.3) is 0 Å². The van der Waals surface area contributed by atoms with Gasteiger partial charge in [-0.15, -0.1) is 11.3 Å². The maximum atomic E-state index is 13.4. The van der Waals surface area contributed by atoms with Crippen molar-refractivity contribution in [3.8, 4) is 5.75 Å². The fraction of sp³-hybridized carbons (Fsp3) is 0.542. The highest BCUT2D eigenvalue weighted by Crippen LogP contribution is 2.33. The van der Waals surface area contributed by atoms with Crippen LogP contribution in [0.15, 0.2) is 23.2 Å². The van der Waals surface area contributed by atoms with E-state index < -0.39 is 29.2 Å². The van der Waals surface area contributed by atoms with Crippen molar-refractivity contribution < 1.29 is 32.3 Å². The molecule has 0 bridgehead atoms. The summed E-state index contributed by atoms with van der Waals surface area (Å²) in [7, 11) is 1.27. The van der Waals surface area contributed by atoms with Gasteiger partial charge in [0.2, 0.25) is 0 Å². The lowest BCUT2D eigenvalue weighted by Crippen LogP contribution is -2.38. The van der Waals surface area contributed by atoms with Gasteiger partial charge in [-0.1, -0.05) is 27.2 Å². The van der Waals surface area contributed by atoms with Gasteiger partial charge in [-0.3, -0.25) is 4.79 Å². The molecule has 1 aromatic carbocycles. The van der Waals surface area contributed by atoms with Gasteiger partial charge >= 0.3 is 12.1 Å². The van der Waals surface area contributed by atoms with E-state index in [4.69, 9.17) is 9.57 Å². The van der Waals surface area contributed by atoms with E-state index in [0.717, 1.165) is 36.0 Å². The van der Waals surface area contributed by atoms with Crippen LogP contribution < -0.4 is 15.1 Å².